The molecule has 9 nitrogen and oxygen atoms in total. The van der Waals surface area contributed by atoms with E-state index in [1.165, 1.54) is 4.31 Å². The second-order valence-corrected chi connectivity index (χ2v) is 9.29. The predicted molar refractivity (Wildman–Crippen MR) is 106 cm³/mol. The van der Waals surface area contributed by atoms with Gasteiger partial charge in [-0.2, -0.15) is 4.31 Å². The summed E-state index contributed by atoms with van der Waals surface area (Å²) in [5.74, 6) is 1.25. The van der Waals surface area contributed by atoms with Crippen molar-refractivity contribution in [3.8, 4) is 0 Å². The molecule has 1 aromatic carbocycles. The largest absolute Gasteiger partial charge is 0.426 e. The summed E-state index contributed by atoms with van der Waals surface area (Å²) in [6, 6.07) is 6.64. The van der Waals surface area contributed by atoms with E-state index in [1.807, 2.05) is 0 Å². The molecule has 10 heteroatoms. The van der Waals surface area contributed by atoms with Crippen LogP contribution in [-0.4, -0.2) is 73.0 Å². The number of hydrogen-bond acceptors (Lipinski definition) is 7. The number of aromatic nitrogens is 2. The number of carbonyl (C=O) groups is 1. The fourth-order valence-corrected chi connectivity index (χ4v) is 5.18. The Kier molecular flexibility index (Phi) is 5.66. The summed E-state index contributed by atoms with van der Waals surface area (Å²) in [7, 11) is -3.54. The summed E-state index contributed by atoms with van der Waals surface area (Å²) in [6.45, 7) is 5.41. The first-order valence-corrected chi connectivity index (χ1v) is 11.3. The van der Waals surface area contributed by atoms with Crippen LogP contribution in [0, 0.1) is 6.92 Å². The third-order valence-corrected chi connectivity index (χ3v) is 7.31. The number of piperazine rings is 1. The molecule has 4 rings (SSSR count). The van der Waals surface area contributed by atoms with Crippen molar-refractivity contribution in [1.82, 2.24) is 19.4 Å². The number of nitrogens with zero attached hydrogens (tertiary/aromatic N) is 5. The van der Waals surface area contributed by atoms with Crippen LogP contribution in [0.25, 0.3) is 0 Å². The van der Waals surface area contributed by atoms with Crippen LogP contribution in [0.2, 0.25) is 0 Å². The average Bonchev–Trinajstić information content (AvgIpc) is 3.35. The third-order valence-electron chi connectivity index (χ3n) is 5.40. The predicted octanol–water partition coefficient (Wildman–Crippen LogP) is 1.05. The molecule has 29 heavy (non-hydrogen) atoms. The monoisotopic (exact) mass is 419 g/mol. The number of hydrogen-bond donors (Lipinski definition) is 0. The van der Waals surface area contributed by atoms with E-state index < -0.39 is 10.0 Å². The lowest BCUT2D eigenvalue weighted by Crippen LogP contribution is -2.49. The molecule has 0 atom stereocenters. The molecule has 2 aliphatic rings. The van der Waals surface area contributed by atoms with Crippen LogP contribution in [0.4, 0.5) is 5.69 Å². The summed E-state index contributed by atoms with van der Waals surface area (Å²) in [5.41, 5.74) is 0.757. The number of benzene rings is 1. The smallest absolute Gasteiger partial charge is 0.243 e. The van der Waals surface area contributed by atoms with E-state index in [1.54, 1.807) is 36.1 Å². The van der Waals surface area contributed by atoms with Crippen molar-refractivity contribution in [2.24, 2.45) is 0 Å². The lowest BCUT2D eigenvalue weighted by Gasteiger charge is -2.33. The molecule has 2 aliphatic heterocycles. The van der Waals surface area contributed by atoms with Gasteiger partial charge >= 0.3 is 0 Å². The maximum atomic E-state index is 13.0. The SMILES string of the molecule is Cc1nnc(CCN2CCN(S(=O)(=O)c3ccc(N4CCCC4=O)cc3)CC2)o1. The van der Waals surface area contributed by atoms with E-state index in [0.29, 0.717) is 57.3 Å². The maximum Gasteiger partial charge on any atom is 0.243 e. The van der Waals surface area contributed by atoms with Crippen molar-refractivity contribution >= 4 is 21.6 Å². The number of rotatable bonds is 6. The minimum Gasteiger partial charge on any atom is -0.426 e. The van der Waals surface area contributed by atoms with Crippen LogP contribution < -0.4 is 4.90 Å². The molecule has 1 aromatic heterocycles. The van der Waals surface area contributed by atoms with Crippen molar-refractivity contribution < 1.29 is 17.6 Å². The van der Waals surface area contributed by atoms with Gasteiger partial charge in [-0.05, 0) is 30.7 Å². The van der Waals surface area contributed by atoms with Crippen LogP contribution in [0.15, 0.2) is 33.6 Å². The molecular weight excluding hydrogens is 394 g/mol. The molecule has 156 valence electrons. The number of carbonyl (C=O) groups excluding carboxylic acids is 1. The Bertz CT molecular complexity index is 965. The molecule has 2 aromatic rings. The maximum absolute atomic E-state index is 13.0. The number of sulfonamides is 1. The average molecular weight is 420 g/mol. The highest BCUT2D eigenvalue weighted by Crippen LogP contribution is 2.25. The highest BCUT2D eigenvalue weighted by atomic mass is 32.2. The van der Waals surface area contributed by atoms with E-state index in [0.717, 1.165) is 18.7 Å². The van der Waals surface area contributed by atoms with E-state index in [-0.39, 0.29) is 10.8 Å². The molecule has 2 fully saturated rings. The quantitative estimate of drug-likeness (QED) is 0.690. The Balaban J connectivity index is 1.34. The first-order valence-electron chi connectivity index (χ1n) is 9.85. The van der Waals surface area contributed by atoms with Gasteiger partial charge in [0.2, 0.25) is 27.7 Å². The summed E-state index contributed by atoms with van der Waals surface area (Å²) in [5, 5.41) is 7.81. The number of anilines is 1. The van der Waals surface area contributed by atoms with Crippen LogP contribution >= 0.6 is 0 Å². The van der Waals surface area contributed by atoms with E-state index in [9.17, 15) is 13.2 Å². The minimum absolute atomic E-state index is 0.0902. The standard InChI is InChI=1S/C19H25N5O4S/c1-15-20-21-18(28-15)8-10-22-11-13-23(14-12-22)29(26,27)17-6-4-16(5-7-17)24-9-2-3-19(24)25/h4-7H,2-3,8-14H2,1H3. The molecule has 3 heterocycles. The summed E-state index contributed by atoms with van der Waals surface area (Å²) in [4.78, 5) is 16.0. The molecule has 0 unspecified atom stereocenters. The van der Waals surface area contributed by atoms with Crippen molar-refractivity contribution in [1.29, 1.82) is 0 Å². The zero-order valence-electron chi connectivity index (χ0n) is 16.5. The molecule has 1 amide bonds. The van der Waals surface area contributed by atoms with Gasteiger partial charge in [-0.25, -0.2) is 8.42 Å². The Morgan fingerprint density at radius 3 is 2.34 bits per heavy atom. The second kappa shape index (κ2) is 8.21. The molecule has 0 radical (unpaired) electrons. The second-order valence-electron chi connectivity index (χ2n) is 7.35. The van der Waals surface area contributed by atoms with Crippen LogP contribution in [0.5, 0.6) is 0 Å². The third kappa shape index (κ3) is 4.34. The van der Waals surface area contributed by atoms with Crippen LogP contribution in [0.1, 0.15) is 24.6 Å². The van der Waals surface area contributed by atoms with Crippen molar-refractivity contribution in [2.45, 2.75) is 31.1 Å². The lowest BCUT2D eigenvalue weighted by atomic mass is 10.3. The van der Waals surface area contributed by atoms with Gasteiger partial charge in [-0.3, -0.25) is 4.79 Å². The molecule has 0 spiro atoms. The van der Waals surface area contributed by atoms with Gasteiger partial charge in [-0.15, -0.1) is 10.2 Å². The Labute approximate surface area is 170 Å². The van der Waals surface area contributed by atoms with Gasteiger partial charge in [0.05, 0.1) is 4.90 Å². The molecular formula is C19H25N5O4S. The topological polar surface area (TPSA) is 99.9 Å². The van der Waals surface area contributed by atoms with Gasteiger partial charge in [0.15, 0.2) is 0 Å². The highest BCUT2D eigenvalue weighted by molar-refractivity contribution is 7.89. The Morgan fingerprint density at radius 2 is 1.76 bits per heavy atom. The minimum atomic E-state index is -3.54. The zero-order valence-corrected chi connectivity index (χ0v) is 17.3. The van der Waals surface area contributed by atoms with Gasteiger partial charge in [0, 0.05) is 64.7 Å². The van der Waals surface area contributed by atoms with E-state index in [2.05, 4.69) is 15.1 Å². The van der Waals surface area contributed by atoms with Crippen LogP contribution in [-0.2, 0) is 21.2 Å². The van der Waals surface area contributed by atoms with Gasteiger partial charge in [0.1, 0.15) is 0 Å². The number of amides is 1. The Morgan fingerprint density at radius 1 is 1.03 bits per heavy atom. The summed E-state index contributed by atoms with van der Waals surface area (Å²) < 4.78 is 32.8. The summed E-state index contributed by atoms with van der Waals surface area (Å²) >= 11 is 0. The van der Waals surface area contributed by atoms with Gasteiger partial charge < -0.3 is 14.2 Å². The first kappa shape index (κ1) is 20.0. The van der Waals surface area contributed by atoms with Gasteiger partial charge in [-0.1, -0.05) is 0 Å². The number of aryl methyl sites for hydroxylation is 1. The lowest BCUT2D eigenvalue weighted by molar-refractivity contribution is -0.117. The normalized spacial score (nSPS) is 19.2. The highest BCUT2D eigenvalue weighted by Gasteiger charge is 2.29. The van der Waals surface area contributed by atoms with Crippen molar-refractivity contribution in [3.05, 3.63) is 36.0 Å². The van der Waals surface area contributed by atoms with Gasteiger partial charge in [0.25, 0.3) is 0 Å². The Hall–Kier alpha value is -2.30. The molecule has 0 N–H and O–H groups in total. The fraction of sp³-hybridized carbons (Fsp3) is 0.526. The first-order chi connectivity index (χ1) is 13.9. The van der Waals surface area contributed by atoms with Crippen LogP contribution in [0.3, 0.4) is 0 Å². The summed E-state index contributed by atoms with van der Waals surface area (Å²) in [6.07, 6.45) is 2.05. The molecule has 0 aliphatic carbocycles. The van der Waals surface area contributed by atoms with Crippen molar-refractivity contribution in [3.63, 3.8) is 0 Å². The van der Waals surface area contributed by atoms with E-state index in [4.69, 9.17) is 4.42 Å². The molecule has 0 bridgehead atoms. The van der Waals surface area contributed by atoms with Crippen molar-refractivity contribution in [2.75, 3.05) is 44.2 Å². The molecule has 0 saturated carbocycles. The van der Waals surface area contributed by atoms with E-state index >= 15 is 0 Å². The molecule has 2 saturated heterocycles. The fourth-order valence-electron chi connectivity index (χ4n) is 3.75. The zero-order chi connectivity index (χ0) is 20.4.